The summed E-state index contributed by atoms with van der Waals surface area (Å²) < 4.78 is 0. The van der Waals surface area contributed by atoms with Crippen LogP contribution < -0.4 is 16.8 Å². The Morgan fingerprint density at radius 3 is 2.71 bits per heavy atom. The van der Waals surface area contributed by atoms with E-state index in [-0.39, 0.29) is 0 Å². The predicted molar refractivity (Wildman–Crippen MR) is 69.8 cm³/mol. The van der Waals surface area contributed by atoms with Gasteiger partial charge >= 0.3 is 0 Å². The highest BCUT2D eigenvalue weighted by atomic mass is 16.1. The molecule has 1 aromatic rings. The first-order chi connectivity index (χ1) is 8.06. The molecule has 0 heterocycles. The van der Waals surface area contributed by atoms with Crippen molar-refractivity contribution in [3.8, 4) is 0 Å². The van der Waals surface area contributed by atoms with Crippen LogP contribution in [0.25, 0.3) is 0 Å². The van der Waals surface area contributed by atoms with Gasteiger partial charge in [0.25, 0.3) is 0 Å². The molecule has 92 valence electrons. The molecule has 4 heteroatoms. The third kappa shape index (κ3) is 2.70. The zero-order chi connectivity index (χ0) is 12.4. The molecule has 2 atom stereocenters. The average molecular weight is 233 g/mol. The van der Waals surface area contributed by atoms with E-state index in [4.69, 9.17) is 11.5 Å². The number of nitrogens with two attached hydrogens (primary N) is 2. The predicted octanol–water partition coefficient (Wildman–Crippen LogP) is 1.97. The Labute approximate surface area is 101 Å². The number of anilines is 2. The number of hydrogen-bond donors (Lipinski definition) is 3. The minimum absolute atomic E-state index is 0.447. The van der Waals surface area contributed by atoms with E-state index < -0.39 is 5.91 Å². The lowest BCUT2D eigenvalue weighted by Gasteiger charge is -2.16. The lowest BCUT2D eigenvalue weighted by molar-refractivity contribution is 0.100. The van der Waals surface area contributed by atoms with Gasteiger partial charge in [0.05, 0.1) is 11.4 Å². The first-order valence-electron chi connectivity index (χ1n) is 6.02. The molecule has 1 fully saturated rings. The van der Waals surface area contributed by atoms with E-state index in [0.29, 0.717) is 17.3 Å². The number of carbonyl (C=O) groups is 1. The van der Waals surface area contributed by atoms with Crippen LogP contribution in [-0.4, -0.2) is 11.9 Å². The van der Waals surface area contributed by atoms with Crippen molar-refractivity contribution in [1.82, 2.24) is 0 Å². The topological polar surface area (TPSA) is 81.1 Å². The van der Waals surface area contributed by atoms with E-state index in [1.54, 1.807) is 12.1 Å². The second-order valence-corrected chi connectivity index (χ2v) is 4.93. The molecule has 1 aliphatic carbocycles. The molecule has 1 aromatic carbocycles. The standard InChI is InChI=1S/C13H19N3O/c1-8-2-4-10(6-8)16-12-5-3-9(13(15)17)7-11(12)14/h3,5,7-8,10,16H,2,4,6,14H2,1H3,(H2,15,17). The number of amides is 1. The van der Waals surface area contributed by atoms with Crippen molar-refractivity contribution in [2.24, 2.45) is 11.7 Å². The molecule has 0 aliphatic heterocycles. The van der Waals surface area contributed by atoms with E-state index in [2.05, 4.69) is 12.2 Å². The van der Waals surface area contributed by atoms with Gasteiger partial charge in [0.15, 0.2) is 0 Å². The van der Waals surface area contributed by atoms with Crippen molar-refractivity contribution in [2.75, 3.05) is 11.1 Å². The molecule has 0 radical (unpaired) electrons. The molecular formula is C13H19N3O. The van der Waals surface area contributed by atoms with Crippen molar-refractivity contribution in [3.05, 3.63) is 23.8 Å². The second-order valence-electron chi connectivity index (χ2n) is 4.93. The first-order valence-corrected chi connectivity index (χ1v) is 6.02. The summed E-state index contributed by atoms with van der Waals surface area (Å²) in [6.45, 7) is 2.27. The highest BCUT2D eigenvalue weighted by Gasteiger charge is 2.21. The number of nitrogen functional groups attached to an aromatic ring is 1. The van der Waals surface area contributed by atoms with E-state index >= 15 is 0 Å². The Morgan fingerprint density at radius 1 is 1.41 bits per heavy atom. The van der Waals surface area contributed by atoms with Gasteiger partial charge in [-0.2, -0.15) is 0 Å². The molecule has 2 unspecified atom stereocenters. The van der Waals surface area contributed by atoms with Crippen LogP contribution in [0.1, 0.15) is 36.5 Å². The Morgan fingerprint density at radius 2 is 2.18 bits per heavy atom. The number of carbonyl (C=O) groups excluding carboxylic acids is 1. The number of primary amides is 1. The second kappa shape index (κ2) is 4.65. The van der Waals surface area contributed by atoms with Crippen molar-refractivity contribution in [3.63, 3.8) is 0 Å². The van der Waals surface area contributed by atoms with Crippen molar-refractivity contribution < 1.29 is 4.79 Å². The maximum absolute atomic E-state index is 11.0. The van der Waals surface area contributed by atoms with E-state index in [1.807, 2.05) is 6.07 Å². The molecule has 0 aromatic heterocycles. The molecule has 2 rings (SSSR count). The highest BCUT2D eigenvalue weighted by Crippen LogP contribution is 2.29. The molecule has 1 saturated carbocycles. The quantitative estimate of drug-likeness (QED) is 0.698. The minimum atomic E-state index is -0.447. The van der Waals surface area contributed by atoms with Gasteiger partial charge in [-0.1, -0.05) is 6.92 Å². The summed E-state index contributed by atoms with van der Waals surface area (Å²) >= 11 is 0. The van der Waals surface area contributed by atoms with Crippen LogP contribution >= 0.6 is 0 Å². The molecular weight excluding hydrogens is 214 g/mol. The summed E-state index contributed by atoms with van der Waals surface area (Å²) in [6.07, 6.45) is 3.62. The summed E-state index contributed by atoms with van der Waals surface area (Å²) in [5.74, 6) is 0.330. The first kappa shape index (κ1) is 11.8. The summed E-state index contributed by atoms with van der Waals surface area (Å²) in [4.78, 5) is 11.0. The third-order valence-electron chi connectivity index (χ3n) is 3.39. The minimum Gasteiger partial charge on any atom is -0.397 e. The number of hydrogen-bond acceptors (Lipinski definition) is 3. The van der Waals surface area contributed by atoms with Crippen LogP contribution in [0.2, 0.25) is 0 Å². The smallest absolute Gasteiger partial charge is 0.248 e. The zero-order valence-corrected chi connectivity index (χ0v) is 10.1. The van der Waals surface area contributed by atoms with Gasteiger partial charge in [0.2, 0.25) is 5.91 Å². The van der Waals surface area contributed by atoms with E-state index in [9.17, 15) is 4.79 Å². The van der Waals surface area contributed by atoms with Crippen LogP contribution in [0.15, 0.2) is 18.2 Å². The fourth-order valence-electron chi connectivity index (χ4n) is 2.41. The zero-order valence-electron chi connectivity index (χ0n) is 10.1. The highest BCUT2D eigenvalue weighted by molar-refractivity contribution is 5.94. The SMILES string of the molecule is CC1CCC(Nc2ccc(C(N)=O)cc2N)C1. The lowest BCUT2D eigenvalue weighted by Crippen LogP contribution is -2.17. The van der Waals surface area contributed by atoms with Gasteiger partial charge in [-0.25, -0.2) is 0 Å². The summed E-state index contributed by atoms with van der Waals surface area (Å²) in [5.41, 5.74) is 13.0. The Bertz CT molecular complexity index is 431. The van der Waals surface area contributed by atoms with E-state index in [1.165, 1.54) is 19.3 Å². The molecule has 1 amide bonds. The molecule has 1 aliphatic rings. The Hall–Kier alpha value is -1.71. The van der Waals surface area contributed by atoms with Crippen LogP contribution in [0.5, 0.6) is 0 Å². The maximum atomic E-state index is 11.0. The number of nitrogens with one attached hydrogen (secondary N) is 1. The molecule has 0 spiro atoms. The van der Waals surface area contributed by atoms with Crippen LogP contribution in [0, 0.1) is 5.92 Å². The Balaban J connectivity index is 2.09. The van der Waals surface area contributed by atoms with Crippen molar-refractivity contribution in [2.45, 2.75) is 32.2 Å². The van der Waals surface area contributed by atoms with Gasteiger partial charge in [-0.05, 0) is 43.4 Å². The number of benzene rings is 1. The summed E-state index contributed by atoms with van der Waals surface area (Å²) in [7, 11) is 0. The van der Waals surface area contributed by atoms with Gasteiger partial charge in [-0.15, -0.1) is 0 Å². The van der Waals surface area contributed by atoms with Gasteiger partial charge in [-0.3, -0.25) is 4.79 Å². The molecule has 0 saturated heterocycles. The van der Waals surface area contributed by atoms with Gasteiger partial charge < -0.3 is 16.8 Å². The molecule has 4 nitrogen and oxygen atoms in total. The van der Waals surface area contributed by atoms with Crippen molar-refractivity contribution >= 4 is 17.3 Å². The fraction of sp³-hybridized carbons (Fsp3) is 0.462. The largest absolute Gasteiger partial charge is 0.397 e. The normalized spacial score (nSPS) is 23.6. The van der Waals surface area contributed by atoms with Crippen LogP contribution in [0.3, 0.4) is 0 Å². The molecule has 0 bridgehead atoms. The molecule has 5 N–H and O–H groups in total. The van der Waals surface area contributed by atoms with Crippen LogP contribution in [-0.2, 0) is 0 Å². The lowest BCUT2D eigenvalue weighted by atomic mass is 10.1. The summed E-state index contributed by atoms with van der Waals surface area (Å²) in [6, 6.07) is 5.66. The van der Waals surface area contributed by atoms with Crippen molar-refractivity contribution in [1.29, 1.82) is 0 Å². The van der Waals surface area contributed by atoms with Gasteiger partial charge in [0, 0.05) is 11.6 Å². The molecule has 17 heavy (non-hydrogen) atoms. The third-order valence-corrected chi connectivity index (χ3v) is 3.39. The fourth-order valence-corrected chi connectivity index (χ4v) is 2.41. The monoisotopic (exact) mass is 233 g/mol. The van der Waals surface area contributed by atoms with E-state index in [0.717, 1.165) is 11.6 Å². The summed E-state index contributed by atoms with van der Waals surface area (Å²) in [5, 5.41) is 3.43. The Kier molecular flexibility index (Phi) is 3.22. The van der Waals surface area contributed by atoms with Gasteiger partial charge in [0.1, 0.15) is 0 Å². The number of rotatable bonds is 3. The van der Waals surface area contributed by atoms with Crippen LogP contribution in [0.4, 0.5) is 11.4 Å². The maximum Gasteiger partial charge on any atom is 0.248 e. The average Bonchev–Trinajstić information content (AvgIpc) is 2.67.